The molecule has 0 aliphatic heterocycles. The molecule has 1 aliphatic carbocycles. The molecule has 7 nitrogen and oxygen atoms in total. The van der Waals surface area contributed by atoms with Gasteiger partial charge in [0.1, 0.15) is 17.9 Å². The summed E-state index contributed by atoms with van der Waals surface area (Å²) in [6, 6.07) is 17.2. The molecular weight excluding hydrogens is 424 g/mol. The van der Waals surface area contributed by atoms with Crippen molar-refractivity contribution in [2.24, 2.45) is 0 Å². The Labute approximate surface area is 187 Å². The second kappa shape index (κ2) is 7.87. The summed E-state index contributed by atoms with van der Waals surface area (Å²) < 4.78 is 15.8. The van der Waals surface area contributed by atoms with Crippen LogP contribution >= 0.6 is 0 Å². The molecule has 0 spiro atoms. The van der Waals surface area contributed by atoms with Crippen LogP contribution < -0.4 is 10.4 Å². The van der Waals surface area contributed by atoms with E-state index in [4.69, 9.17) is 13.9 Å². The van der Waals surface area contributed by atoms with Gasteiger partial charge in [0.25, 0.3) is 0 Å². The topological polar surface area (TPSA) is 99.9 Å². The first-order chi connectivity index (χ1) is 16.0. The lowest BCUT2D eigenvalue weighted by Crippen LogP contribution is -2.24. The number of rotatable bonds is 4. The van der Waals surface area contributed by atoms with Gasteiger partial charge < -0.3 is 13.9 Å². The number of hydrogen-bond donors (Lipinski definition) is 0. The van der Waals surface area contributed by atoms with Gasteiger partial charge in [-0.3, -0.25) is 9.59 Å². The van der Waals surface area contributed by atoms with Crippen LogP contribution in [-0.2, 0) is 11.3 Å². The Morgan fingerprint density at radius 3 is 2.33 bits per heavy atom. The number of carbonyl (C=O) groups excluding carboxylic acids is 3. The van der Waals surface area contributed by atoms with Crippen LogP contribution in [0.2, 0.25) is 0 Å². The molecule has 0 bridgehead atoms. The maximum absolute atomic E-state index is 13.1. The molecule has 0 radical (unpaired) electrons. The number of esters is 1. The van der Waals surface area contributed by atoms with E-state index in [0.717, 1.165) is 0 Å². The molecule has 0 N–H and O–H groups in total. The van der Waals surface area contributed by atoms with Crippen LogP contribution in [0.5, 0.6) is 5.75 Å². The number of carbonyl (C=O) groups is 3. The molecule has 1 aliphatic rings. The highest BCUT2D eigenvalue weighted by Gasteiger charge is 2.33. The Balaban J connectivity index is 1.49. The van der Waals surface area contributed by atoms with E-state index in [-0.39, 0.29) is 34.6 Å². The minimum absolute atomic E-state index is 0.00528. The highest BCUT2D eigenvalue weighted by molar-refractivity contribution is 6.30. The van der Waals surface area contributed by atoms with Crippen LogP contribution in [0.15, 0.2) is 75.9 Å². The number of fused-ring (bicyclic) bond motifs is 3. The first-order valence-corrected chi connectivity index (χ1v) is 10.1. The van der Waals surface area contributed by atoms with Gasteiger partial charge in [-0.05, 0) is 18.2 Å². The number of ketones is 2. The summed E-state index contributed by atoms with van der Waals surface area (Å²) in [4.78, 5) is 50.9. The summed E-state index contributed by atoms with van der Waals surface area (Å²) in [6.07, 6.45) is 0. The van der Waals surface area contributed by atoms with E-state index in [1.54, 1.807) is 42.5 Å². The fourth-order valence-electron chi connectivity index (χ4n) is 3.99. The normalized spacial score (nSPS) is 12.3. The van der Waals surface area contributed by atoms with Gasteiger partial charge in [-0.2, -0.15) is 0 Å². The van der Waals surface area contributed by atoms with Gasteiger partial charge in [-0.25, -0.2) is 9.59 Å². The SMILES string of the molecule is COc1ccc2c(COC(=O)c3cccc4c3C(=O)c3ccccc3C4=O)cc(=O)oc2c1. The van der Waals surface area contributed by atoms with Crippen molar-refractivity contribution in [2.75, 3.05) is 7.11 Å². The fraction of sp³-hybridized carbons (Fsp3) is 0.0769. The lowest BCUT2D eigenvalue weighted by molar-refractivity contribution is 0.0471. The zero-order valence-corrected chi connectivity index (χ0v) is 17.4. The van der Waals surface area contributed by atoms with Crippen LogP contribution in [0.3, 0.4) is 0 Å². The maximum Gasteiger partial charge on any atom is 0.339 e. The minimum atomic E-state index is -0.776. The van der Waals surface area contributed by atoms with Crippen molar-refractivity contribution in [3.05, 3.63) is 111 Å². The van der Waals surface area contributed by atoms with E-state index in [9.17, 15) is 19.2 Å². The van der Waals surface area contributed by atoms with E-state index in [1.807, 2.05) is 0 Å². The molecule has 5 rings (SSSR count). The molecule has 1 heterocycles. The van der Waals surface area contributed by atoms with Gasteiger partial charge in [0.15, 0.2) is 11.6 Å². The third-order valence-corrected chi connectivity index (χ3v) is 5.57. The summed E-state index contributed by atoms with van der Waals surface area (Å²) >= 11 is 0. The zero-order chi connectivity index (χ0) is 23.1. The molecule has 3 aromatic carbocycles. The fourth-order valence-corrected chi connectivity index (χ4v) is 3.99. The van der Waals surface area contributed by atoms with Crippen LogP contribution in [0, 0.1) is 0 Å². The number of hydrogen-bond acceptors (Lipinski definition) is 7. The van der Waals surface area contributed by atoms with Crippen molar-refractivity contribution in [3.8, 4) is 5.75 Å². The molecule has 0 unspecified atom stereocenters. The first kappa shape index (κ1) is 20.4. The molecule has 0 atom stereocenters. The molecule has 162 valence electrons. The standard InChI is InChI=1S/C26H16O7/c1-31-15-9-10-16-14(11-22(27)33-21(16)12-15)13-32-26(30)20-8-4-7-19-23(20)25(29)18-6-3-2-5-17(18)24(19)28/h2-12H,13H2,1H3. The van der Waals surface area contributed by atoms with E-state index in [1.165, 1.54) is 31.4 Å². The van der Waals surface area contributed by atoms with Crippen molar-refractivity contribution in [2.45, 2.75) is 6.61 Å². The highest BCUT2D eigenvalue weighted by Crippen LogP contribution is 2.30. The van der Waals surface area contributed by atoms with E-state index in [2.05, 4.69) is 0 Å². The Kier molecular flexibility index (Phi) is 4.86. The Hall–Kier alpha value is -4.52. The summed E-state index contributed by atoms with van der Waals surface area (Å²) in [7, 11) is 1.50. The maximum atomic E-state index is 13.1. The molecule has 0 amide bonds. The molecule has 4 aromatic rings. The number of benzene rings is 3. The first-order valence-electron chi connectivity index (χ1n) is 10.1. The third kappa shape index (κ3) is 3.40. The largest absolute Gasteiger partial charge is 0.497 e. The number of methoxy groups -OCH3 is 1. The lowest BCUT2D eigenvalue weighted by Gasteiger charge is -2.19. The number of ether oxygens (including phenoxy) is 2. The van der Waals surface area contributed by atoms with Gasteiger partial charge in [0, 0.05) is 45.3 Å². The summed E-state index contributed by atoms with van der Waals surface area (Å²) in [6.45, 7) is -0.227. The van der Waals surface area contributed by atoms with Gasteiger partial charge in [0.2, 0.25) is 0 Å². The van der Waals surface area contributed by atoms with E-state index >= 15 is 0 Å². The van der Waals surface area contributed by atoms with Gasteiger partial charge in [-0.15, -0.1) is 0 Å². The molecule has 7 heteroatoms. The molecule has 1 aromatic heterocycles. The Morgan fingerprint density at radius 1 is 0.848 bits per heavy atom. The van der Waals surface area contributed by atoms with Crippen molar-refractivity contribution >= 4 is 28.5 Å². The van der Waals surface area contributed by atoms with Crippen molar-refractivity contribution in [1.82, 2.24) is 0 Å². The van der Waals surface area contributed by atoms with Gasteiger partial charge in [0.05, 0.1) is 12.7 Å². The third-order valence-electron chi connectivity index (χ3n) is 5.57. The summed E-state index contributed by atoms with van der Waals surface area (Å²) in [5.74, 6) is -0.998. The molecule has 0 saturated carbocycles. The zero-order valence-electron chi connectivity index (χ0n) is 17.4. The lowest BCUT2D eigenvalue weighted by atomic mass is 9.82. The van der Waals surface area contributed by atoms with Crippen LogP contribution in [0.1, 0.15) is 47.8 Å². The average molecular weight is 440 g/mol. The predicted molar refractivity (Wildman–Crippen MR) is 118 cm³/mol. The molecular formula is C26H16O7. The Morgan fingerprint density at radius 2 is 1.58 bits per heavy atom. The molecule has 33 heavy (non-hydrogen) atoms. The van der Waals surface area contributed by atoms with Crippen LogP contribution in [-0.4, -0.2) is 24.6 Å². The summed E-state index contributed by atoms with van der Waals surface area (Å²) in [5, 5.41) is 0.582. The van der Waals surface area contributed by atoms with E-state index in [0.29, 0.717) is 27.8 Å². The van der Waals surface area contributed by atoms with Crippen molar-refractivity contribution < 1.29 is 28.3 Å². The quantitative estimate of drug-likeness (QED) is 0.308. The molecule has 0 saturated heterocycles. The summed E-state index contributed by atoms with van der Waals surface area (Å²) in [5.41, 5.74) is 0.858. The van der Waals surface area contributed by atoms with Crippen LogP contribution in [0.25, 0.3) is 11.0 Å². The molecule has 0 fully saturated rings. The smallest absolute Gasteiger partial charge is 0.339 e. The monoisotopic (exact) mass is 440 g/mol. The predicted octanol–water partition coefficient (Wildman–Crippen LogP) is 3.93. The van der Waals surface area contributed by atoms with Crippen molar-refractivity contribution in [1.29, 1.82) is 0 Å². The second-order valence-corrected chi connectivity index (χ2v) is 7.46. The van der Waals surface area contributed by atoms with Crippen LogP contribution in [0.4, 0.5) is 0 Å². The van der Waals surface area contributed by atoms with Gasteiger partial charge in [-0.1, -0.05) is 36.4 Å². The Bertz CT molecular complexity index is 1530. The second-order valence-electron chi connectivity index (χ2n) is 7.46. The minimum Gasteiger partial charge on any atom is -0.497 e. The highest BCUT2D eigenvalue weighted by atomic mass is 16.5. The van der Waals surface area contributed by atoms with E-state index < -0.39 is 17.4 Å². The average Bonchev–Trinajstić information content (AvgIpc) is 2.84. The van der Waals surface area contributed by atoms with Crippen molar-refractivity contribution in [3.63, 3.8) is 0 Å². The van der Waals surface area contributed by atoms with Gasteiger partial charge >= 0.3 is 11.6 Å².